The van der Waals surface area contributed by atoms with Gasteiger partial charge in [0.25, 0.3) is 10.1 Å². The average Bonchev–Trinajstić information content (AvgIpc) is 2.55. The third-order valence-corrected chi connectivity index (χ3v) is 2.77. The molecule has 7 nitrogen and oxygen atoms in total. The Morgan fingerprint density at radius 1 is 1.42 bits per heavy atom. The molecule has 8 heteroatoms. The summed E-state index contributed by atoms with van der Waals surface area (Å²) in [5, 5.41) is 1.54. The third kappa shape index (κ3) is 4.81. The lowest BCUT2D eigenvalue weighted by Gasteiger charge is -2.30. The molecule has 0 aromatic rings. The van der Waals surface area contributed by atoms with Gasteiger partial charge in [0.1, 0.15) is 12.2 Å². The monoisotopic (exact) mass is 292 g/mol. The Balaban J connectivity index is 2.89. The molecule has 1 aliphatic rings. The predicted octanol–water partition coefficient (Wildman–Crippen LogP) is 0.00680. The van der Waals surface area contributed by atoms with Crippen LogP contribution in [0, 0.1) is 0 Å². The van der Waals surface area contributed by atoms with Crippen LogP contribution in [-0.2, 0) is 23.8 Å². The van der Waals surface area contributed by atoms with E-state index < -0.39 is 27.2 Å². The summed E-state index contributed by atoms with van der Waals surface area (Å²) in [5.74, 6) is -0.593. The number of carbonyl (C=O) groups is 1. The summed E-state index contributed by atoms with van der Waals surface area (Å²) in [4.78, 5) is 12.2. The lowest BCUT2D eigenvalue weighted by atomic mass is 10.0. The van der Waals surface area contributed by atoms with Gasteiger partial charge in [0, 0.05) is 13.2 Å². The average molecular weight is 292 g/mol. The third-order valence-electron chi connectivity index (χ3n) is 2.22. The maximum atomic E-state index is 12.2. The Morgan fingerprint density at radius 2 is 2.00 bits per heavy atom. The van der Waals surface area contributed by atoms with Gasteiger partial charge in [-0.15, -0.1) is 0 Å². The van der Waals surface area contributed by atoms with Crippen LogP contribution in [0.4, 0.5) is 0 Å². The van der Waals surface area contributed by atoms with Gasteiger partial charge in [0.2, 0.25) is 0 Å². The summed E-state index contributed by atoms with van der Waals surface area (Å²) in [5.41, 5.74) is 0.817. The number of hydrogen-bond donors (Lipinski definition) is 1. The SMILES string of the molecule is CN1C=CC(COS(C)(=O)=O)(C(=O)OC(C)(C)C)N1. The zero-order chi connectivity index (χ0) is 14.9. The van der Waals surface area contributed by atoms with Crippen molar-refractivity contribution in [2.45, 2.75) is 31.9 Å². The van der Waals surface area contributed by atoms with E-state index >= 15 is 0 Å². The first-order valence-electron chi connectivity index (χ1n) is 5.71. The summed E-state index contributed by atoms with van der Waals surface area (Å²) < 4.78 is 32.2. The molecule has 1 aliphatic heterocycles. The minimum Gasteiger partial charge on any atom is -0.458 e. The summed E-state index contributed by atoms with van der Waals surface area (Å²) in [6.45, 7) is 4.84. The van der Waals surface area contributed by atoms with Gasteiger partial charge in [-0.1, -0.05) is 0 Å². The number of esters is 1. The van der Waals surface area contributed by atoms with Crippen molar-refractivity contribution in [1.29, 1.82) is 0 Å². The predicted molar refractivity (Wildman–Crippen MR) is 69.4 cm³/mol. The molecule has 0 saturated heterocycles. The van der Waals surface area contributed by atoms with Crippen LogP contribution in [0.25, 0.3) is 0 Å². The van der Waals surface area contributed by atoms with Crippen LogP contribution in [0.1, 0.15) is 20.8 Å². The molecular weight excluding hydrogens is 272 g/mol. The number of hydrazine groups is 1. The second-order valence-corrected chi connectivity index (χ2v) is 7.12. The maximum Gasteiger partial charge on any atom is 0.335 e. The van der Waals surface area contributed by atoms with Crippen LogP contribution in [0.2, 0.25) is 0 Å². The first kappa shape index (κ1) is 15.9. The lowest BCUT2D eigenvalue weighted by molar-refractivity contribution is -0.163. The van der Waals surface area contributed by atoms with E-state index in [1.165, 1.54) is 11.1 Å². The molecule has 1 rings (SSSR count). The largest absolute Gasteiger partial charge is 0.458 e. The molecule has 1 N–H and O–H groups in total. The van der Waals surface area contributed by atoms with Crippen molar-refractivity contribution < 1.29 is 22.1 Å². The molecule has 1 unspecified atom stereocenters. The van der Waals surface area contributed by atoms with E-state index in [0.29, 0.717) is 0 Å². The molecule has 0 fully saturated rings. The molecule has 0 saturated carbocycles. The maximum absolute atomic E-state index is 12.2. The fraction of sp³-hybridized carbons (Fsp3) is 0.727. The van der Waals surface area contributed by atoms with Crippen LogP contribution in [-0.4, -0.2) is 50.4 Å². The molecule has 0 aromatic heterocycles. The molecule has 0 radical (unpaired) electrons. The minimum absolute atomic E-state index is 0.360. The summed E-state index contributed by atoms with van der Waals surface area (Å²) in [7, 11) is -1.96. The van der Waals surface area contributed by atoms with Crippen molar-refractivity contribution in [3.05, 3.63) is 12.3 Å². The topological polar surface area (TPSA) is 84.9 Å². The Hall–Kier alpha value is -1.12. The van der Waals surface area contributed by atoms with Crippen molar-refractivity contribution in [1.82, 2.24) is 10.4 Å². The van der Waals surface area contributed by atoms with Gasteiger partial charge in [-0.05, 0) is 26.8 Å². The summed E-state index contributed by atoms with van der Waals surface area (Å²) >= 11 is 0. The van der Waals surface area contributed by atoms with Gasteiger partial charge in [-0.25, -0.2) is 10.2 Å². The van der Waals surface area contributed by atoms with E-state index in [2.05, 4.69) is 5.43 Å². The second kappa shape index (κ2) is 5.10. The normalized spacial score (nSPS) is 23.7. The smallest absolute Gasteiger partial charge is 0.335 e. The highest BCUT2D eigenvalue weighted by Gasteiger charge is 2.44. The van der Waals surface area contributed by atoms with Gasteiger partial charge < -0.3 is 9.75 Å². The zero-order valence-corrected chi connectivity index (χ0v) is 12.6. The molecule has 0 aliphatic carbocycles. The molecule has 0 aromatic carbocycles. The van der Waals surface area contributed by atoms with E-state index in [9.17, 15) is 13.2 Å². The number of nitrogens with zero attached hydrogens (tertiary/aromatic N) is 1. The fourth-order valence-corrected chi connectivity index (χ4v) is 1.85. The van der Waals surface area contributed by atoms with Crippen molar-refractivity contribution in [3.8, 4) is 0 Å². The highest BCUT2D eigenvalue weighted by Crippen LogP contribution is 2.21. The van der Waals surface area contributed by atoms with Gasteiger partial charge in [0.05, 0.1) is 6.26 Å². The van der Waals surface area contributed by atoms with Crippen LogP contribution >= 0.6 is 0 Å². The van der Waals surface area contributed by atoms with E-state index in [1.807, 2.05) is 0 Å². The molecular formula is C11H20N2O5S. The Morgan fingerprint density at radius 3 is 2.37 bits per heavy atom. The number of nitrogens with one attached hydrogen (secondary N) is 1. The zero-order valence-electron chi connectivity index (χ0n) is 11.8. The molecule has 1 heterocycles. The number of rotatable bonds is 4. The standard InChI is InChI=1S/C11H20N2O5S/c1-10(2,3)18-9(14)11(6-7-13(4)12-11)8-17-19(5,15)16/h6-7,12H,8H2,1-5H3. The fourth-order valence-electron chi connectivity index (χ4n) is 1.45. The summed E-state index contributed by atoms with van der Waals surface area (Å²) in [6, 6.07) is 0. The van der Waals surface area contributed by atoms with Crippen LogP contribution < -0.4 is 5.43 Å². The molecule has 0 spiro atoms. The Labute approximate surface area is 113 Å². The van der Waals surface area contributed by atoms with Crippen molar-refractivity contribution in [2.75, 3.05) is 19.9 Å². The summed E-state index contributed by atoms with van der Waals surface area (Å²) in [6.07, 6.45) is 4.06. The van der Waals surface area contributed by atoms with E-state index in [0.717, 1.165) is 6.26 Å². The van der Waals surface area contributed by atoms with Gasteiger partial charge in [-0.2, -0.15) is 8.42 Å². The number of carbonyl (C=O) groups excluding carboxylic acids is 1. The van der Waals surface area contributed by atoms with Crippen molar-refractivity contribution in [2.24, 2.45) is 0 Å². The molecule has 0 bridgehead atoms. The first-order valence-corrected chi connectivity index (χ1v) is 7.53. The number of ether oxygens (including phenoxy) is 1. The minimum atomic E-state index is -3.64. The van der Waals surface area contributed by atoms with Crippen LogP contribution in [0.5, 0.6) is 0 Å². The highest BCUT2D eigenvalue weighted by atomic mass is 32.2. The first-order chi connectivity index (χ1) is 8.44. The molecule has 1 atom stereocenters. The van der Waals surface area contributed by atoms with Gasteiger partial charge in [0.15, 0.2) is 5.54 Å². The lowest BCUT2D eigenvalue weighted by Crippen LogP contribution is -2.56. The Kier molecular flexibility index (Phi) is 4.28. The van der Waals surface area contributed by atoms with Crippen molar-refractivity contribution >= 4 is 16.1 Å². The second-order valence-electron chi connectivity index (χ2n) is 5.48. The molecule has 110 valence electrons. The van der Waals surface area contributed by atoms with E-state index in [-0.39, 0.29) is 6.61 Å². The van der Waals surface area contributed by atoms with Gasteiger partial charge >= 0.3 is 5.97 Å². The van der Waals surface area contributed by atoms with E-state index in [1.54, 1.807) is 34.0 Å². The Bertz CT molecular complexity index is 480. The molecule has 0 amide bonds. The molecule has 19 heavy (non-hydrogen) atoms. The number of hydrogen-bond acceptors (Lipinski definition) is 7. The van der Waals surface area contributed by atoms with Crippen LogP contribution in [0.15, 0.2) is 12.3 Å². The van der Waals surface area contributed by atoms with E-state index in [4.69, 9.17) is 8.92 Å². The van der Waals surface area contributed by atoms with Crippen LogP contribution in [0.3, 0.4) is 0 Å². The van der Waals surface area contributed by atoms with Gasteiger partial charge in [-0.3, -0.25) is 4.18 Å². The quantitative estimate of drug-likeness (QED) is 0.577. The highest BCUT2D eigenvalue weighted by molar-refractivity contribution is 7.85. The van der Waals surface area contributed by atoms with Crippen molar-refractivity contribution in [3.63, 3.8) is 0 Å².